The molecule has 1 aromatic heterocycles. The number of rotatable bonds is 10. The lowest BCUT2D eigenvalue weighted by molar-refractivity contribution is -0.142. The minimum atomic E-state index is -0.757. The van der Waals surface area contributed by atoms with Gasteiger partial charge in [0.1, 0.15) is 5.82 Å². The number of aryl methyl sites for hydroxylation is 2. The number of hydrogen-bond acceptors (Lipinski definition) is 5. The average molecular weight is 349 g/mol. The normalized spacial score (nSPS) is 12.5. The predicted octanol–water partition coefficient (Wildman–Crippen LogP) is 1.41. The first-order valence-electron chi connectivity index (χ1n) is 8.66. The van der Waals surface area contributed by atoms with Gasteiger partial charge in [-0.2, -0.15) is 0 Å². The van der Waals surface area contributed by atoms with Crippen molar-refractivity contribution in [1.29, 1.82) is 0 Å². The zero-order valence-electron chi connectivity index (χ0n) is 14.9. The van der Waals surface area contributed by atoms with E-state index in [0.717, 1.165) is 22.5 Å². The second-order valence-electron chi connectivity index (χ2n) is 6.18. The lowest BCUT2D eigenvalue weighted by Crippen LogP contribution is -2.29. The van der Waals surface area contributed by atoms with Crippen molar-refractivity contribution in [2.45, 2.75) is 26.2 Å². The van der Waals surface area contributed by atoms with E-state index < -0.39 is 5.97 Å². The lowest BCUT2D eigenvalue weighted by Gasteiger charge is -2.22. The van der Waals surface area contributed by atoms with Crippen LogP contribution in [0.4, 0.5) is 5.69 Å². The number of hydrogen-bond donors (Lipinski definition) is 3. The maximum atomic E-state index is 11.2. The molecule has 0 fully saturated rings. The highest BCUT2D eigenvalue weighted by molar-refractivity contribution is 5.80. The molecule has 138 valence electrons. The SMILES string of the molecule is CCC(CCc1nc2cc(N(CCO)CCO)ccc2n1C)C(=O)O. The van der Waals surface area contributed by atoms with Gasteiger partial charge in [0.25, 0.3) is 0 Å². The Morgan fingerprint density at radius 3 is 2.52 bits per heavy atom. The van der Waals surface area contributed by atoms with Crippen LogP contribution in [0.5, 0.6) is 0 Å². The van der Waals surface area contributed by atoms with Crippen molar-refractivity contribution in [2.75, 3.05) is 31.2 Å². The number of benzene rings is 1. The molecule has 0 aliphatic carbocycles. The molecule has 1 atom stereocenters. The Morgan fingerprint density at radius 1 is 1.28 bits per heavy atom. The van der Waals surface area contributed by atoms with Gasteiger partial charge in [-0.3, -0.25) is 4.79 Å². The third-order valence-corrected chi connectivity index (χ3v) is 4.62. The fourth-order valence-corrected chi connectivity index (χ4v) is 3.08. The fraction of sp³-hybridized carbons (Fsp3) is 0.556. The van der Waals surface area contributed by atoms with Crippen LogP contribution in [0.25, 0.3) is 11.0 Å². The molecule has 0 saturated carbocycles. The smallest absolute Gasteiger partial charge is 0.306 e. The monoisotopic (exact) mass is 349 g/mol. The van der Waals surface area contributed by atoms with Gasteiger partial charge in [0.05, 0.1) is 30.2 Å². The quantitative estimate of drug-likeness (QED) is 0.600. The number of carbonyl (C=O) groups is 1. The molecule has 0 amide bonds. The molecule has 0 saturated heterocycles. The number of aliphatic hydroxyl groups is 2. The summed E-state index contributed by atoms with van der Waals surface area (Å²) < 4.78 is 2.00. The summed E-state index contributed by atoms with van der Waals surface area (Å²) in [7, 11) is 1.94. The number of fused-ring (bicyclic) bond motifs is 1. The minimum Gasteiger partial charge on any atom is -0.481 e. The Morgan fingerprint density at radius 2 is 1.96 bits per heavy atom. The summed E-state index contributed by atoms with van der Waals surface area (Å²) in [5, 5.41) is 27.6. The summed E-state index contributed by atoms with van der Waals surface area (Å²) in [6.45, 7) is 2.81. The maximum Gasteiger partial charge on any atom is 0.306 e. The van der Waals surface area contributed by atoms with E-state index in [1.807, 2.05) is 41.6 Å². The van der Waals surface area contributed by atoms with Crippen molar-refractivity contribution >= 4 is 22.7 Å². The van der Waals surface area contributed by atoms with E-state index in [2.05, 4.69) is 4.98 Å². The van der Waals surface area contributed by atoms with Gasteiger partial charge in [0, 0.05) is 32.2 Å². The van der Waals surface area contributed by atoms with Crippen molar-refractivity contribution in [3.05, 3.63) is 24.0 Å². The molecule has 3 N–H and O–H groups in total. The van der Waals surface area contributed by atoms with Crippen molar-refractivity contribution in [3.63, 3.8) is 0 Å². The van der Waals surface area contributed by atoms with Crippen LogP contribution in [0.1, 0.15) is 25.6 Å². The molecule has 0 aliphatic heterocycles. The molecule has 0 spiro atoms. The Hall–Kier alpha value is -2.12. The first kappa shape index (κ1) is 19.2. The van der Waals surface area contributed by atoms with E-state index in [1.54, 1.807) is 0 Å². The first-order valence-corrected chi connectivity index (χ1v) is 8.66. The van der Waals surface area contributed by atoms with Gasteiger partial charge in [-0.15, -0.1) is 0 Å². The number of aliphatic carboxylic acids is 1. The van der Waals surface area contributed by atoms with Gasteiger partial charge in [-0.05, 0) is 31.0 Å². The number of carboxylic acids is 1. The lowest BCUT2D eigenvalue weighted by atomic mass is 10.0. The third-order valence-electron chi connectivity index (χ3n) is 4.62. The van der Waals surface area contributed by atoms with Gasteiger partial charge < -0.3 is 24.8 Å². The van der Waals surface area contributed by atoms with E-state index in [4.69, 9.17) is 0 Å². The molecule has 0 aliphatic rings. The summed E-state index contributed by atoms with van der Waals surface area (Å²) >= 11 is 0. The summed E-state index contributed by atoms with van der Waals surface area (Å²) in [5.74, 6) is -0.241. The van der Waals surface area contributed by atoms with Gasteiger partial charge in [-0.1, -0.05) is 6.92 Å². The third kappa shape index (κ3) is 4.49. The van der Waals surface area contributed by atoms with Crippen LogP contribution in [0.15, 0.2) is 18.2 Å². The number of carboxylic acid groups (broad SMARTS) is 1. The molecule has 7 heteroatoms. The highest BCUT2D eigenvalue weighted by Crippen LogP contribution is 2.23. The highest BCUT2D eigenvalue weighted by atomic mass is 16.4. The second kappa shape index (κ2) is 8.82. The highest BCUT2D eigenvalue weighted by Gasteiger charge is 2.17. The van der Waals surface area contributed by atoms with Crippen LogP contribution in [0.3, 0.4) is 0 Å². The summed E-state index contributed by atoms with van der Waals surface area (Å²) in [6, 6.07) is 5.86. The largest absolute Gasteiger partial charge is 0.481 e. The maximum absolute atomic E-state index is 11.2. The van der Waals surface area contributed by atoms with Crippen LogP contribution >= 0.6 is 0 Å². The topological polar surface area (TPSA) is 98.8 Å². The molecule has 2 aromatic rings. The Kier molecular flexibility index (Phi) is 6.78. The summed E-state index contributed by atoms with van der Waals surface area (Å²) in [5.41, 5.74) is 2.71. The molecular formula is C18H27N3O4. The van der Waals surface area contributed by atoms with E-state index in [0.29, 0.717) is 32.4 Å². The van der Waals surface area contributed by atoms with E-state index in [-0.39, 0.29) is 19.1 Å². The molecule has 1 heterocycles. The van der Waals surface area contributed by atoms with Crippen LogP contribution in [-0.4, -0.2) is 57.1 Å². The zero-order valence-corrected chi connectivity index (χ0v) is 14.9. The molecule has 1 unspecified atom stereocenters. The first-order chi connectivity index (χ1) is 12.0. The fourth-order valence-electron chi connectivity index (χ4n) is 3.08. The van der Waals surface area contributed by atoms with Crippen molar-refractivity contribution in [1.82, 2.24) is 9.55 Å². The summed E-state index contributed by atoms with van der Waals surface area (Å²) in [4.78, 5) is 17.7. The zero-order chi connectivity index (χ0) is 18.4. The van der Waals surface area contributed by atoms with Crippen LogP contribution in [-0.2, 0) is 18.3 Å². The van der Waals surface area contributed by atoms with Gasteiger partial charge in [-0.25, -0.2) is 4.98 Å². The molecular weight excluding hydrogens is 322 g/mol. The minimum absolute atomic E-state index is 0.0130. The standard InChI is InChI=1S/C18H27N3O4/c1-3-13(18(24)25)4-7-17-19-15-12-14(5-6-16(15)20(17)2)21(8-10-22)9-11-23/h5-6,12-13,22-23H,3-4,7-11H2,1-2H3,(H,24,25). The number of anilines is 1. The molecule has 0 bridgehead atoms. The Bertz CT molecular complexity index is 708. The molecule has 25 heavy (non-hydrogen) atoms. The number of aromatic nitrogens is 2. The molecule has 7 nitrogen and oxygen atoms in total. The van der Waals surface area contributed by atoms with Crippen LogP contribution in [0.2, 0.25) is 0 Å². The van der Waals surface area contributed by atoms with Crippen molar-refractivity contribution < 1.29 is 20.1 Å². The van der Waals surface area contributed by atoms with Gasteiger partial charge in [0.2, 0.25) is 0 Å². The number of nitrogens with zero attached hydrogens (tertiary/aromatic N) is 3. The predicted molar refractivity (Wildman–Crippen MR) is 96.8 cm³/mol. The molecule has 2 rings (SSSR count). The van der Waals surface area contributed by atoms with E-state index >= 15 is 0 Å². The van der Waals surface area contributed by atoms with Crippen molar-refractivity contribution in [3.8, 4) is 0 Å². The summed E-state index contributed by atoms with van der Waals surface area (Å²) in [6.07, 6.45) is 1.79. The van der Waals surface area contributed by atoms with E-state index in [9.17, 15) is 20.1 Å². The molecule has 1 aromatic carbocycles. The van der Waals surface area contributed by atoms with Crippen LogP contribution in [0, 0.1) is 5.92 Å². The van der Waals surface area contributed by atoms with Crippen LogP contribution < -0.4 is 4.90 Å². The van der Waals surface area contributed by atoms with Gasteiger partial charge >= 0.3 is 5.97 Å². The number of imidazole rings is 1. The van der Waals surface area contributed by atoms with Gasteiger partial charge in [0.15, 0.2) is 0 Å². The Labute approximate surface area is 147 Å². The Balaban J connectivity index is 2.24. The number of aliphatic hydroxyl groups excluding tert-OH is 2. The second-order valence-corrected chi connectivity index (χ2v) is 6.18. The van der Waals surface area contributed by atoms with E-state index in [1.165, 1.54) is 0 Å². The average Bonchev–Trinajstić information content (AvgIpc) is 2.90. The molecule has 0 radical (unpaired) electrons. The van der Waals surface area contributed by atoms with Crippen molar-refractivity contribution in [2.24, 2.45) is 13.0 Å².